The Morgan fingerprint density at radius 2 is 2.47 bits per heavy atom. The van der Waals surface area contributed by atoms with Crippen LogP contribution < -0.4 is 10.7 Å². The maximum atomic E-state index is 11.5. The molecule has 2 aliphatic heterocycles. The van der Waals surface area contributed by atoms with E-state index in [1.165, 1.54) is 12.1 Å². The molecule has 0 amide bonds. The van der Waals surface area contributed by atoms with Gasteiger partial charge in [-0.1, -0.05) is 6.08 Å². The van der Waals surface area contributed by atoms with Crippen LogP contribution in [0.1, 0.15) is 24.5 Å². The Balaban J connectivity index is 2.02. The molecule has 1 aromatic rings. The van der Waals surface area contributed by atoms with Crippen LogP contribution >= 0.6 is 0 Å². The van der Waals surface area contributed by atoms with Crippen molar-refractivity contribution in [2.75, 3.05) is 6.54 Å². The van der Waals surface area contributed by atoms with E-state index in [2.05, 4.69) is 16.5 Å². The van der Waals surface area contributed by atoms with Gasteiger partial charge in [0.25, 0.3) is 0 Å². The summed E-state index contributed by atoms with van der Waals surface area (Å²) < 4.78 is 2.26. The molecule has 1 aromatic heterocycles. The number of aromatic nitrogens is 1. The maximum absolute atomic E-state index is 11.5. The van der Waals surface area contributed by atoms with Gasteiger partial charge in [-0.15, -0.1) is 6.58 Å². The number of hydrogen-bond acceptors (Lipinski definition) is 2. The molecule has 3 nitrogen and oxygen atoms in total. The predicted octanol–water partition coefficient (Wildman–Crippen LogP) is 1.50. The lowest BCUT2D eigenvalue weighted by molar-refractivity contribution is 0.210. The first kappa shape index (κ1) is 10.8. The van der Waals surface area contributed by atoms with Gasteiger partial charge in [0.05, 0.1) is 0 Å². The Labute approximate surface area is 101 Å². The van der Waals surface area contributed by atoms with Crippen molar-refractivity contribution in [2.24, 2.45) is 5.92 Å². The van der Waals surface area contributed by atoms with Crippen LogP contribution in [-0.2, 0) is 6.54 Å². The third-order valence-corrected chi connectivity index (χ3v) is 4.04. The SMILES string of the molecule is C=CC[C@H]1NC[C@@H]2C[C@@H]1c1cc(=O)ccn1C2. The van der Waals surface area contributed by atoms with Crippen molar-refractivity contribution in [3.8, 4) is 0 Å². The minimum atomic E-state index is 0.123. The second-order valence-electron chi connectivity index (χ2n) is 5.19. The smallest absolute Gasteiger partial charge is 0.181 e. The van der Waals surface area contributed by atoms with Crippen LogP contribution in [0.25, 0.3) is 0 Å². The summed E-state index contributed by atoms with van der Waals surface area (Å²) in [6.45, 7) is 5.95. The summed E-state index contributed by atoms with van der Waals surface area (Å²) in [5, 5.41) is 3.60. The molecule has 0 aromatic carbocycles. The van der Waals surface area contributed by atoms with Gasteiger partial charge >= 0.3 is 0 Å². The van der Waals surface area contributed by atoms with Crippen LogP contribution in [0.15, 0.2) is 35.8 Å². The molecule has 3 heteroatoms. The highest BCUT2D eigenvalue weighted by Gasteiger charge is 2.35. The molecular formula is C14H18N2O. The average molecular weight is 230 g/mol. The molecule has 90 valence electrons. The summed E-state index contributed by atoms with van der Waals surface area (Å²) in [5.74, 6) is 1.17. The Morgan fingerprint density at radius 3 is 3.29 bits per heavy atom. The van der Waals surface area contributed by atoms with Gasteiger partial charge in [0.1, 0.15) is 0 Å². The minimum Gasteiger partial charge on any atom is -0.350 e. The molecule has 0 spiro atoms. The summed E-state index contributed by atoms with van der Waals surface area (Å²) >= 11 is 0. The van der Waals surface area contributed by atoms with Crippen molar-refractivity contribution < 1.29 is 0 Å². The normalized spacial score (nSPS) is 30.7. The molecule has 2 bridgehead atoms. The van der Waals surface area contributed by atoms with E-state index in [1.54, 1.807) is 6.07 Å². The van der Waals surface area contributed by atoms with E-state index in [0.29, 0.717) is 17.9 Å². The van der Waals surface area contributed by atoms with Gasteiger partial charge in [-0.2, -0.15) is 0 Å². The number of hydrogen-bond donors (Lipinski definition) is 1. The topological polar surface area (TPSA) is 34.0 Å². The summed E-state index contributed by atoms with van der Waals surface area (Å²) in [7, 11) is 0. The van der Waals surface area contributed by atoms with Crippen LogP contribution in [0.5, 0.6) is 0 Å². The monoisotopic (exact) mass is 230 g/mol. The third kappa shape index (κ3) is 1.84. The lowest BCUT2D eigenvalue weighted by atomic mass is 9.78. The summed E-state index contributed by atoms with van der Waals surface area (Å²) in [4.78, 5) is 11.5. The van der Waals surface area contributed by atoms with Crippen molar-refractivity contribution in [3.63, 3.8) is 0 Å². The van der Waals surface area contributed by atoms with Gasteiger partial charge in [0, 0.05) is 42.5 Å². The largest absolute Gasteiger partial charge is 0.350 e. The van der Waals surface area contributed by atoms with Gasteiger partial charge in [-0.25, -0.2) is 0 Å². The van der Waals surface area contributed by atoms with E-state index < -0.39 is 0 Å². The van der Waals surface area contributed by atoms with Crippen LogP contribution in [0, 0.1) is 5.92 Å². The van der Waals surface area contributed by atoms with Crippen LogP contribution in [0.2, 0.25) is 0 Å². The molecule has 0 aliphatic carbocycles. The van der Waals surface area contributed by atoms with E-state index in [4.69, 9.17) is 0 Å². The Bertz CT molecular complexity index is 491. The molecule has 2 aliphatic rings. The first-order chi connectivity index (χ1) is 8.28. The fourth-order valence-corrected chi connectivity index (χ4v) is 3.25. The molecule has 0 saturated carbocycles. The predicted molar refractivity (Wildman–Crippen MR) is 68.2 cm³/mol. The number of nitrogens with one attached hydrogen (secondary N) is 1. The highest BCUT2D eigenvalue weighted by Crippen LogP contribution is 2.36. The Morgan fingerprint density at radius 1 is 1.59 bits per heavy atom. The Hall–Kier alpha value is -1.35. The second kappa shape index (κ2) is 4.15. The van der Waals surface area contributed by atoms with Gasteiger partial charge in [0.2, 0.25) is 0 Å². The van der Waals surface area contributed by atoms with Crippen molar-refractivity contribution in [2.45, 2.75) is 31.3 Å². The number of pyridine rings is 1. The van der Waals surface area contributed by atoms with E-state index in [0.717, 1.165) is 19.5 Å². The molecule has 3 heterocycles. The van der Waals surface area contributed by atoms with Crippen molar-refractivity contribution in [1.29, 1.82) is 0 Å². The summed E-state index contributed by atoms with van der Waals surface area (Å²) in [6, 6.07) is 3.92. The minimum absolute atomic E-state index is 0.123. The molecule has 3 atom stereocenters. The second-order valence-corrected chi connectivity index (χ2v) is 5.19. The number of rotatable bonds is 2. The molecular weight excluding hydrogens is 212 g/mol. The van der Waals surface area contributed by atoms with Crippen LogP contribution in [-0.4, -0.2) is 17.2 Å². The molecule has 17 heavy (non-hydrogen) atoms. The summed E-state index contributed by atoms with van der Waals surface area (Å²) in [5.41, 5.74) is 1.32. The average Bonchev–Trinajstić information content (AvgIpc) is 2.34. The zero-order valence-electron chi connectivity index (χ0n) is 9.93. The molecule has 1 N–H and O–H groups in total. The first-order valence-corrected chi connectivity index (χ1v) is 6.32. The van der Waals surface area contributed by atoms with E-state index >= 15 is 0 Å². The lowest BCUT2D eigenvalue weighted by Crippen LogP contribution is -2.49. The molecule has 0 unspecified atom stereocenters. The van der Waals surface area contributed by atoms with E-state index in [-0.39, 0.29) is 5.43 Å². The highest BCUT2D eigenvalue weighted by atomic mass is 16.1. The first-order valence-electron chi connectivity index (χ1n) is 6.32. The number of piperidine rings is 1. The van der Waals surface area contributed by atoms with Crippen molar-refractivity contribution in [3.05, 3.63) is 46.9 Å². The van der Waals surface area contributed by atoms with Crippen LogP contribution in [0.3, 0.4) is 0 Å². The zero-order chi connectivity index (χ0) is 11.8. The van der Waals surface area contributed by atoms with E-state index in [1.807, 2.05) is 18.3 Å². The fourth-order valence-electron chi connectivity index (χ4n) is 3.25. The maximum Gasteiger partial charge on any atom is 0.181 e. The summed E-state index contributed by atoms with van der Waals surface area (Å²) in [6.07, 6.45) is 6.10. The molecule has 1 fully saturated rings. The number of nitrogens with zero attached hydrogens (tertiary/aromatic N) is 1. The fraction of sp³-hybridized carbons (Fsp3) is 0.500. The van der Waals surface area contributed by atoms with Crippen LogP contribution in [0.4, 0.5) is 0 Å². The molecule has 3 rings (SSSR count). The van der Waals surface area contributed by atoms with E-state index in [9.17, 15) is 4.79 Å². The van der Waals surface area contributed by atoms with Gasteiger partial charge in [-0.05, 0) is 25.3 Å². The lowest BCUT2D eigenvalue weighted by Gasteiger charge is -2.42. The molecule has 1 saturated heterocycles. The zero-order valence-corrected chi connectivity index (χ0v) is 9.93. The van der Waals surface area contributed by atoms with Gasteiger partial charge in [-0.3, -0.25) is 4.79 Å². The quantitative estimate of drug-likeness (QED) is 0.781. The third-order valence-electron chi connectivity index (χ3n) is 4.04. The van der Waals surface area contributed by atoms with Crippen molar-refractivity contribution in [1.82, 2.24) is 9.88 Å². The number of fused-ring (bicyclic) bond motifs is 4. The van der Waals surface area contributed by atoms with Gasteiger partial charge < -0.3 is 9.88 Å². The highest BCUT2D eigenvalue weighted by molar-refractivity contribution is 5.19. The van der Waals surface area contributed by atoms with Gasteiger partial charge in [0.15, 0.2) is 5.43 Å². The standard InChI is InChI=1S/C14H18N2O/c1-2-3-13-12-6-10(8-15-13)9-16-5-4-11(17)7-14(12)16/h2,4-5,7,10,12-13,15H,1,3,6,8-9H2/t10-,12-,13+/m0/s1. The molecule has 0 radical (unpaired) electrons. The van der Waals surface area contributed by atoms with Crippen molar-refractivity contribution >= 4 is 0 Å². The Kier molecular flexibility index (Phi) is 2.63.